The lowest BCUT2D eigenvalue weighted by Gasteiger charge is -2.47. The van der Waals surface area contributed by atoms with Crippen LogP contribution in [0.1, 0.15) is 35.7 Å². The topological polar surface area (TPSA) is 131 Å². The van der Waals surface area contributed by atoms with Gasteiger partial charge in [0.15, 0.2) is 5.82 Å². The lowest BCUT2D eigenvalue weighted by molar-refractivity contribution is 0.0842. The number of aliphatic hydroxyl groups is 1. The number of benzene rings is 2. The Morgan fingerprint density at radius 1 is 1.24 bits per heavy atom. The first-order valence-electron chi connectivity index (χ1n) is 11.1. The molecule has 0 saturated carbocycles. The Morgan fingerprint density at radius 2 is 1.97 bits per heavy atom. The van der Waals surface area contributed by atoms with E-state index in [9.17, 15) is 19.0 Å². The van der Waals surface area contributed by atoms with Crippen LogP contribution in [0.15, 0.2) is 42.5 Å². The molecule has 10 heteroatoms. The summed E-state index contributed by atoms with van der Waals surface area (Å²) >= 11 is 0. The number of halogens is 1. The van der Waals surface area contributed by atoms with Crippen LogP contribution < -0.4 is 20.7 Å². The van der Waals surface area contributed by atoms with E-state index in [1.165, 1.54) is 16.4 Å². The molecule has 7 N–H and O–H groups in total. The molecule has 1 aliphatic heterocycles. The van der Waals surface area contributed by atoms with Crippen LogP contribution in [-0.4, -0.2) is 57.7 Å². The Labute approximate surface area is 195 Å². The first-order chi connectivity index (χ1) is 15.8. The predicted octanol–water partition coefficient (Wildman–Crippen LogP) is 3.18. The molecule has 1 fully saturated rings. The number of nitrogens with two attached hydrogens (primary N) is 1. The van der Waals surface area contributed by atoms with Crippen molar-refractivity contribution in [3.63, 3.8) is 0 Å². The van der Waals surface area contributed by atoms with E-state index in [0.717, 1.165) is 5.56 Å². The number of rotatable bonds is 9. The van der Waals surface area contributed by atoms with E-state index in [-0.39, 0.29) is 30.1 Å². The number of aliphatic hydroxyl groups excluding tert-OH is 1. The van der Waals surface area contributed by atoms with E-state index in [2.05, 4.69) is 10.6 Å². The van der Waals surface area contributed by atoms with E-state index < -0.39 is 34.6 Å². The van der Waals surface area contributed by atoms with Gasteiger partial charge in [-0.15, -0.1) is 10.8 Å². The van der Waals surface area contributed by atoms with Gasteiger partial charge in [-0.1, -0.05) is 30.3 Å². The van der Waals surface area contributed by atoms with Crippen molar-refractivity contribution in [2.75, 3.05) is 35.0 Å². The Hall–Kier alpha value is -2.37. The summed E-state index contributed by atoms with van der Waals surface area (Å²) in [5, 5.41) is 16.2. The highest BCUT2D eigenvalue weighted by molar-refractivity contribution is 8.25. The summed E-state index contributed by atoms with van der Waals surface area (Å²) in [6.07, 6.45) is 0.616. The van der Waals surface area contributed by atoms with Crippen molar-refractivity contribution in [3.8, 4) is 0 Å². The third-order valence-corrected chi connectivity index (χ3v) is 7.57. The van der Waals surface area contributed by atoms with Gasteiger partial charge in [-0.25, -0.2) is 4.39 Å². The van der Waals surface area contributed by atoms with E-state index in [1.54, 1.807) is 0 Å². The van der Waals surface area contributed by atoms with Gasteiger partial charge in [-0.2, -0.15) is 0 Å². The second-order valence-electron chi connectivity index (χ2n) is 8.11. The lowest BCUT2D eigenvalue weighted by atomic mass is 10.0. The Kier molecular flexibility index (Phi) is 8.55. The smallest absolute Gasteiger partial charge is 0.254 e. The third kappa shape index (κ3) is 6.15. The van der Waals surface area contributed by atoms with Gasteiger partial charge in [0.05, 0.1) is 29.1 Å². The van der Waals surface area contributed by atoms with Gasteiger partial charge in [-0.3, -0.25) is 18.2 Å². The molecule has 2 aromatic rings. The van der Waals surface area contributed by atoms with E-state index in [1.807, 2.05) is 37.3 Å². The normalized spacial score (nSPS) is 18.3. The summed E-state index contributed by atoms with van der Waals surface area (Å²) in [4.78, 5) is 13.2. The fourth-order valence-electron chi connectivity index (χ4n) is 3.91. The van der Waals surface area contributed by atoms with Gasteiger partial charge in [0, 0.05) is 25.3 Å². The minimum Gasteiger partial charge on any atom is -0.390 e. The average molecular weight is 481 g/mol. The van der Waals surface area contributed by atoms with Gasteiger partial charge < -0.3 is 21.5 Å². The minimum atomic E-state index is -3.18. The zero-order chi connectivity index (χ0) is 24.0. The second kappa shape index (κ2) is 11.2. The molecule has 1 amide bonds. The number of hydrogen-bond acceptors (Lipinski definition) is 7. The van der Waals surface area contributed by atoms with E-state index >= 15 is 4.39 Å². The van der Waals surface area contributed by atoms with Crippen LogP contribution in [0.2, 0.25) is 0 Å². The molecule has 1 saturated heterocycles. The molecule has 2 unspecified atom stereocenters. The van der Waals surface area contributed by atoms with Crippen LogP contribution >= 0.6 is 10.8 Å². The molecular formula is C23H33FN4O4S. The van der Waals surface area contributed by atoms with Crippen LogP contribution in [-0.2, 0) is 6.42 Å². The molecule has 2 atom stereocenters. The van der Waals surface area contributed by atoms with Crippen molar-refractivity contribution >= 4 is 28.1 Å². The Bertz CT molecular complexity index is 948. The highest BCUT2D eigenvalue weighted by atomic mass is 32.3. The summed E-state index contributed by atoms with van der Waals surface area (Å²) in [7, 11) is -3.18. The van der Waals surface area contributed by atoms with Crippen molar-refractivity contribution in [1.82, 2.24) is 5.32 Å². The predicted molar refractivity (Wildman–Crippen MR) is 131 cm³/mol. The van der Waals surface area contributed by atoms with Crippen molar-refractivity contribution in [1.29, 1.82) is 0 Å². The first kappa shape index (κ1) is 25.3. The highest BCUT2D eigenvalue weighted by Crippen LogP contribution is 2.50. The lowest BCUT2D eigenvalue weighted by Crippen LogP contribution is -2.48. The summed E-state index contributed by atoms with van der Waals surface area (Å²) in [5.74, 6) is -1.39. The number of amides is 1. The monoisotopic (exact) mass is 480 g/mol. The number of anilines is 2. The summed E-state index contributed by atoms with van der Waals surface area (Å²) < 4.78 is 37.9. The number of nitrogens with zero attached hydrogens (tertiary/aromatic N) is 1. The Morgan fingerprint density at radius 3 is 2.61 bits per heavy atom. The van der Waals surface area contributed by atoms with Gasteiger partial charge in [0.2, 0.25) is 0 Å². The second-order valence-corrected chi connectivity index (χ2v) is 10.2. The molecule has 0 aromatic heterocycles. The van der Waals surface area contributed by atoms with E-state index in [4.69, 9.17) is 5.73 Å². The van der Waals surface area contributed by atoms with Crippen molar-refractivity contribution in [3.05, 3.63) is 59.4 Å². The molecule has 3 rings (SSSR count). The van der Waals surface area contributed by atoms with Crippen LogP contribution in [0.4, 0.5) is 15.8 Å². The SMILES string of the molecule is CCNc1cc(C(=O)NC(Cc2ccccc2)C(O)CN)c(F)c(N2CCCCS2(O)O)c1. The molecule has 2 aromatic carbocycles. The zero-order valence-corrected chi connectivity index (χ0v) is 19.5. The van der Waals surface area contributed by atoms with Crippen LogP contribution in [0.25, 0.3) is 0 Å². The standard InChI is InChI=1S/C23H33FN4O4S/c1-2-26-17-13-18(22(24)20(14-17)28-10-6-7-11-33(28,31)32)23(30)27-19(21(29)15-25)12-16-8-4-3-5-9-16/h3-5,8-9,13-14,19,21,26,29,31-32H,2,6-7,10-12,15,25H2,1H3,(H,27,30). The quantitative estimate of drug-likeness (QED) is 0.325. The van der Waals surface area contributed by atoms with Gasteiger partial charge in [0.1, 0.15) is 0 Å². The first-order valence-corrected chi connectivity index (χ1v) is 12.8. The molecule has 182 valence electrons. The number of nitrogens with one attached hydrogen (secondary N) is 2. The maximum absolute atomic E-state index is 15.6. The third-order valence-electron chi connectivity index (χ3n) is 5.65. The van der Waals surface area contributed by atoms with Crippen molar-refractivity contribution < 1.29 is 23.4 Å². The van der Waals surface area contributed by atoms with Crippen molar-refractivity contribution in [2.24, 2.45) is 5.73 Å². The average Bonchev–Trinajstić information content (AvgIpc) is 2.80. The van der Waals surface area contributed by atoms with Gasteiger partial charge in [0.25, 0.3) is 5.91 Å². The molecule has 1 heterocycles. The molecule has 33 heavy (non-hydrogen) atoms. The molecular weight excluding hydrogens is 447 g/mol. The number of hydrogen-bond donors (Lipinski definition) is 6. The number of carbonyl (C=O) groups is 1. The molecule has 1 aliphatic rings. The summed E-state index contributed by atoms with van der Waals surface area (Å²) in [6, 6.07) is 11.5. The summed E-state index contributed by atoms with van der Waals surface area (Å²) in [5.41, 5.74) is 6.74. The fraction of sp³-hybridized carbons (Fsp3) is 0.435. The van der Waals surface area contributed by atoms with E-state index in [0.29, 0.717) is 31.5 Å². The highest BCUT2D eigenvalue weighted by Gasteiger charge is 2.32. The molecule has 0 bridgehead atoms. The number of carbonyl (C=O) groups excluding carboxylic acids is 1. The van der Waals surface area contributed by atoms with Crippen LogP contribution in [0, 0.1) is 5.82 Å². The summed E-state index contributed by atoms with van der Waals surface area (Å²) in [6.45, 7) is 2.60. The van der Waals surface area contributed by atoms with Gasteiger partial charge >= 0.3 is 0 Å². The Balaban J connectivity index is 1.94. The molecule has 0 spiro atoms. The van der Waals surface area contributed by atoms with Crippen molar-refractivity contribution in [2.45, 2.75) is 38.3 Å². The van der Waals surface area contributed by atoms with Gasteiger partial charge in [-0.05, 0) is 43.9 Å². The fourth-order valence-corrected chi connectivity index (χ4v) is 5.59. The molecule has 8 nitrogen and oxygen atoms in total. The molecule has 0 radical (unpaired) electrons. The maximum atomic E-state index is 15.6. The van der Waals surface area contributed by atoms with Crippen LogP contribution in [0.5, 0.6) is 0 Å². The largest absolute Gasteiger partial charge is 0.390 e. The minimum absolute atomic E-state index is 0.0303. The zero-order valence-electron chi connectivity index (χ0n) is 18.7. The maximum Gasteiger partial charge on any atom is 0.254 e. The van der Waals surface area contributed by atoms with Crippen LogP contribution in [0.3, 0.4) is 0 Å². The molecule has 0 aliphatic carbocycles.